The van der Waals surface area contributed by atoms with E-state index in [4.69, 9.17) is 9.90 Å². The largest absolute Gasteiger partial charge is 0.483 e. The van der Waals surface area contributed by atoms with E-state index in [9.17, 15) is 4.79 Å². The molecule has 3 rings (SSSR count). The van der Waals surface area contributed by atoms with Crippen LogP contribution in [-0.2, 0) is 29.5 Å². The lowest BCUT2D eigenvalue weighted by molar-refractivity contribution is -0.123. The molecule has 0 aliphatic heterocycles. The Kier molecular flexibility index (Phi) is 6.64. The number of hydrogen-bond donors (Lipinski definition) is 2. The number of aromatic nitrogens is 5. The second-order valence-corrected chi connectivity index (χ2v) is 5.26. The summed E-state index contributed by atoms with van der Waals surface area (Å²) in [5.74, 6) is 0.835. The van der Waals surface area contributed by atoms with Crippen LogP contribution in [0.2, 0.25) is 0 Å². The summed E-state index contributed by atoms with van der Waals surface area (Å²) in [6.45, 7) is 0.335. The molecule has 0 aliphatic rings. The highest BCUT2D eigenvalue weighted by atomic mass is 16.3. The van der Waals surface area contributed by atoms with Gasteiger partial charge in [0.25, 0.3) is 6.47 Å². The minimum Gasteiger partial charge on any atom is -0.483 e. The van der Waals surface area contributed by atoms with Crippen LogP contribution in [0, 0.1) is 0 Å². The Hall–Kier alpha value is -3.23. The third-order valence-corrected chi connectivity index (χ3v) is 3.50. The molecule has 0 fully saturated rings. The van der Waals surface area contributed by atoms with Gasteiger partial charge in [-0.25, -0.2) is 4.98 Å². The zero-order valence-corrected chi connectivity index (χ0v) is 13.9. The Morgan fingerprint density at radius 1 is 1.36 bits per heavy atom. The number of carboxylic acid groups (broad SMARTS) is 1. The van der Waals surface area contributed by atoms with Gasteiger partial charge in [-0.05, 0) is 12.1 Å². The number of nitrogens with zero attached hydrogens (tertiary/aromatic N) is 5. The summed E-state index contributed by atoms with van der Waals surface area (Å²) in [5, 5.41) is 17.6. The quantitative estimate of drug-likeness (QED) is 0.628. The Labute approximate surface area is 144 Å². The fraction of sp³-hybridized carbons (Fsp3) is 0.312. The predicted octanol–water partition coefficient (Wildman–Crippen LogP) is 0.455. The van der Waals surface area contributed by atoms with E-state index in [1.807, 2.05) is 46.6 Å². The normalized spacial score (nSPS) is 10.1. The van der Waals surface area contributed by atoms with E-state index in [1.165, 1.54) is 0 Å². The van der Waals surface area contributed by atoms with E-state index in [0.29, 0.717) is 19.4 Å². The van der Waals surface area contributed by atoms with E-state index in [2.05, 4.69) is 20.5 Å². The van der Waals surface area contributed by atoms with Crippen molar-refractivity contribution < 1.29 is 14.7 Å². The van der Waals surface area contributed by atoms with Gasteiger partial charge in [-0.3, -0.25) is 9.59 Å². The van der Waals surface area contributed by atoms with Gasteiger partial charge in [0.05, 0.1) is 5.69 Å². The lowest BCUT2D eigenvalue weighted by atomic mass is 10.2. The molecule has 0 aliphatic carbocycles. The van der Waals surface area contributed by atoms with Gasteiger partial charge in [0.1, 0.15) is 17.8 Å². The summed E-state index contributed by atoms with van der Waals surface area (Å²) < 4.78 is 3.80. The van der Waals surface area contributed by atoms with Gasteiger partial charge in [0, 0.05) is 45.2 Å². The lowest BCUT2D eigenvalue weighted by Crippen LogP contribution is -2.26. The van der Waals surface area contributed by atoms with Crippen LogP contribution < -0.4 is 5.32 Å². The molecule has 0 spiro atoms. The molecule has 2 N–H and O–H groups in total. The number of carbonyl (C=O) groups is 2. The molecule has 0 radical (unpaired) electrons. The summed E-state index contributed by atoms with van der Waals surface area (Å²) in [6.07, 6.45) is 7.31. The molecule has 3 heterocycles. The van der Waals surface area contributed by atoms with Gasteiger partial charge in [0.2, 0.25) is 5.91 Å². The fourth-order valence-electron chi connectivity index (χ4n) is 2.28. The second-order valence-electron chi connectivity index (χ2n) is 5.26. The first-order valence-electron chi connectivity index (χ1n) is 7.74. The highest BCUT2D eigenvalue weighted by Gasteiger charge is 2.06. The van der Waals surface area contributed by atoms with E-state index >= 15 is 0 Å². The van der Waals surface area contributed by atoms with E-state index in [1.54, 1.807) is 6.33 Å². The maximum Gasteiger partial charge on any atom is 0.290 e. The van der Waals surface area contributed by atoms with Crippen molar-refractivity contribution in [2.45, 2.75) is 19.3 Å². The van der Waals surface area contributed by atoms with Crippen LogP contribution in [0.4, 0.5) is 0 Å². The number of rotatable bonds is 6. The number of amides is 1. The Morgan fingerprint density at radius 2 is 2.16 bits per heavy atom. The average Bonchev–Trinajstić information content (AvgIpc) is 3.19. The van der Waals surface area contributed by atoms with Crippen molar-refractivity contribution in [3.05, 3.63) is 48.4 Å². The first-order valence-corrected chi connectivity index (χ1v) is 7.74. The summed E-state index contributed by atoms with van der Waals surface area (Å²) in [5.41, 5.74) is 1.89. The van der Waals surface area contributed by atoms with Crippen LogP contribution in [0.5, 0.6) is 0 Å². The van der Waals surface area contributed by atoms with Crippen molar-refractivity contribution in [3.63, 3.8) is 0 Å². The summed E-state index contributed by atoms with van der Waals surface area (Å²) in [6, 6.07) is 5.88. The molecule has 25 heavy (non-hydrogen) atoms. The van der Waals surface area contributed by atoms with E-state index < -0.39 is 0 Å². The molecule has 0 atom stereocenters. The van der Waals surface area contributed by atoms with Crippen molar-refractivity contribution >= 4 is 18.0 Å². The smallest absolute Gasteiger partial charge is 0.290 e. The van der Waals surface area contributed by atoms with Gasteiger partial charge in [0.15, 0.2) is 0 Å². The number of aryl methyl sites for hydroxylation is 2. The topological polar surface area (TPSA) is 114 Å². The van der Waals surface area contributed by atoms with Gasteiger partial charge >= 0.3 is 0 Å². The molecule has 0 aromatic carbocycles. The van der Waals surface area contributed by atoms with E-state index in [0.717, 1.165) is 23.6 Å². The molecular weight excluding hydrogens is 324 g/mol. The first kappa shape index (κ1) is 18.1. The third-order valence-electron chi connectivity index (χ3n) is 3.50. The number of nitrogens with one attached hydrogen (secondary N) is 1. The molecular formula is C16H20N6O3. The number of imidazole rings is 1. The zero-order chi connectivity index (χ0) is 18.1. The number of carbonyl (C=O) groups excluding carboxylic acids is 1. The van der Waals surface area contributed by atoms with Crippen molar-refractivity contribution in [2.24, 2.45) is 7.05 Å². The average molecular weight is 344 g/mol. The predicted molar refractivity (Wildman–Crippen MR) is 89.9 cm³/mol. The third kappa shape index (κ3) is 5.41. The zero-order valence-electron chi connectivity index (χ0n) is 13.9. The minimum atomic E-state index is -0.250. The maximum atomic E-state index is 11.8. The summed E-state index contributed by atoms with van der Waals surface area (Å²) in [7, 11) is 1.87. The molecule has 0 bridgehead atoms. The van der Waals surface area contributed by atoms with Crippen LogP contribution in [0.15, 0.2) is 36.9 Å². The molecule has 0 saturated carbocycles. The molecule has 3 aromatic rings. The standard InChI is InChI=1S/C15H18N6O.CH2O2/c1-20-11-17-19-14(20)5-6-15(22)16-8-7-12-10-21-9-3-2-4-13(21)18-12;2-1-3/h2-4,9-11H,5-8H2,1H3,(H,16,22);1H,(H,2,3). The highest BCUT2D eigenvalue weighted by Crippen LogP contribution is 2.04. The van der Waals surface area contributed by atoms with Crippen molar-refractivity contribution in [2.75, 3.05) is 6.54 Å². The van der Waals surface area contributed by atoms with Gasteiger partial charge in [-0.15, -0.1) is 10.2 Å². The molecule has 0 unspecified atom stereocenters. The van der Waals surface area contributed by atoms with Crippen molar-refractivity contribution in [1.82, 2.24) is 29.5 Å². The molecule has 9 nitrogen and oxygen atoms in total. The van der Waals surface area contributed by atoms with Gasteiger partial charge in [-0.2, -0.15) is 0 Å². The lowest BCUT2D eigenvalue weighted by Gasteiger charge is -2.03. The minimum absolute atomic E-state index is 0.0202. The number of pyridine rings is 1. The summed E-state index contributed by atoms with van der Waals surface area (Å²) in [4.78, 5) is 24.7. The van der Waals surface area contributed by atoms with Crippen molar-refractivity contribution in [3.8, 4) is 0 Å². The van der Waals surface area contributed by atoms with Crippen molar-refractivity contribution in [1.29, 1.82) is 0 Å². The van der Waals surface area contributed by atoms with Gasteiger partial charge in [-0.1, -0.05) is 6.07 Å². The fourth-order valence-corrected chi connectivity index (χ4v) is 2.28. The summed E-state index contributed by atoms with van der Waals surface area (Å²) >= 11 is 0. The SMILES string of the molecule is Cn1cnnc1CCC(=O)NCCc1cn2ccccc2n1.O=CO. The second kappa shape index (κ2) is 9.16. The molecule has 3 aromatic heterocycles. The molecule has 1 amide bonds. The molecule has 0 saturated heterocycles. The van der Waals surface area contributed by atoms with Crippen LogP contribution in [-0.4, -0.2) is 48.2 Å². The van der Waals surface area contributed by atoms with E-state index in [-0.39, 0.29) is 12.4 Å². The highest BCUT2D eigenvalue weighted by molar-refractivity contribution is 5.76. The van der Waals surface area contributed by atoms with Gasteiger partial charge < -0.3 is 19.4 Å². The van der Waals surface area contributed by atoms with Crippen LogP contribution in [0.1, 0.15) is 17.9 Å². The molecule has 132 valence electrons. The Morgan fingerprint density at radius 3 is 2.84 bits per heavy atom. The molecule has 9 heteroatoms. The van der Waals surface area contributed by atoms with Crippen LogP contribution >= 0.6 is 0 Å². The van der Waals surface area contributed by atoms with Crippen LogP contribution in [0.25, 0.3) is 5.65 Å². The maximum absolute atomic E-state index is 11.8. The number of fused-ring (bicyclic) bond motifs is 1. The number of hydrogen-bond acceptors (Lipinski definition) is 5. The van der Waals surface area contributed by atoms with Crippen LogP contribution in [0.3, 0.4) is 0 Å². The monoisotopic (exact) mass is 344 g/mol. The Bertz CT molecular complexity index is 793. The Balaban J connectivity index is 0.000000701. The first-order chi connectivity index (χ1) is 12.1.